The van der Waals surface area contributed by atoms with Gasteiger partial charge in [0.05, 0.1) is 5.69 Å². The molecule has 0 unspecified atom stereocenters. The summed E-state index contributed by atoms with van der Waals surface area (Å²) in [5.74, 6) is 1.64. The minimum absolute atomic E-state index is 0.320. The highest BCUT2D eigenvalue weighted by Gasteiger charge is 2.34. The van der Waals surface area contributed by atoms with Crippen molar-refractivity contribution in [3.8, 4) is 0 Å². The lowest BCUT2D eigenvalue weighted by Crippen LogP contribution is -2.46. The van der Waals surface area contributed by atoms with E-state index in [-0.39, 0.29) is 5.60 Å². The fraction of sp³-hybridized carbons (Fsp3) is 0.556. The van der Waals surface area contributed by atoms with Gasteiger partial charge in [0, 0.05) is 57.9 Å². The Morgan fingerprint density at radius 2 is 1.88 bits per heavy atom. The van der Waals surface area contributed by atoms with Gasteiger partial charge in [-0.15, -0.1) is 0 Å². The molecular weight excluding hydrogens is 316 g/mol. The lowest BCUT2D eigenvalue weighted by molar-refractivity contribution is 0.00901. The van der Waals surface area contributed by atoms with Gasteiger partial charge in [-0.2, -0.15) is 0 Å². The Morgan fingerprint density at radius 3 is 2.60 bits per heavy atom. The molecule has 0 spiro atoms. The van der Waals surface area contributed by atoms with E-state index in [0.29, 0.717) is 0 Å². The molecule has 25 heavy (non-hydrogen) atoms. The number of rotatable bonds is 4. The highest BCUT2D eigenvalue weighted by atomic mass is 16.5. The van der Waals surface area contributed by atoms with E-state index in [4.69, 9.17) is 9.72 Å². The zero-order valence-corrected chi connectivity index (χ0v) is 14.6. The lowest BCUT2D eigenvalue weighted by Gasteiger charge is -2.34. The van der Waals surface area contributed by atoms with E-state index in [1.165, 1.54) is 0 Å². The van der Waals surface area contributed by atoms with Crippen LogP contribution in [0.15, 0.2) is 30.7 Å². The zero-order valence-electron chi connectivity index (χ0n) is 14.6. The smallest absolute Gasteiger partial charge is 0.225 e. The first kappa shape index (κ1) is 16.4. The fourth-order valence-electron chi connectivity index (χ4n) is 3.48. The molecular formula is C18H24N6O. The predicted molar refractivity (Wildman–Crippen MR) is 94.1 cm³/mol. The normalized spacial score (nSPS) is 24.6. The van der Waals surface area contributed by atoms with Crippen LogP contribution < -0.4 is 4.90 Å². The first-order chi connectivity index (χ1) is 12.2. The van der Waals surface area contributed by atoms with Gasteiger partial charge in [0.25, 0.3) is 0 Å². The number of ether oxygens (including phenoxy) is 1. The van der Waals surface area contributed by atoms with Crippen molar-refractivity contribution in [3.05, 3.63) is 42.2 Å². The summed E-state index contributed by atoms with van der Waals surface area (Å²) in [6.45, 7) is 7.56. The summed E-state index contributed by atoms with van der Waals surface area (Å²) in [4.78, 5) is 22.6. The SMILES string of the molecule is C[C@@]1(c2nccc(CN3CCN(c4ncccn4)CC3)n2)CCCO1. The minimum Gasteiger partial charge on any atom is -0.367 e. The molecule has 1 atom stereocenters. The van der Waals surface area contributed by atoms with Crippen molar-refractivity contribution in [1.29, 1.82) is 0 Å². The summed E-state index contributed by atoms with van der Waals surface area (Å²) in [5.41, 5.74) is 0.741. The van der Waals surface area contributed by atoms with Gasteiger partial charge in [0.2, 0.25) is 5.95 Å². The zero-order chi connectivity index (χ0) is 17.1. The number of hydrogen-bond acceptors (Lipinski definition) is 7. The molecule has 0 radical (unpaired) electrons. The molecule has 0 saturated carbocycles. The number of aromatic nitrogens is 4. The fourth-order valence-corrected chi connectivity index (χ4v) is 3.48. The maximum Gasteiger partial charge on any atom is 0.225 e. The third-order valence-electron chi connectivity index (χ3n) is 5.00. The molecule has 4 rings (SSSR count). The Balaban J connectivity index is 1.37. The summed E-state index contributed by atoms with van der Waals surface area (Å²) in [7, 11) is 0. The van der Waals surface area contributed by atoms with Crippen LogP contribution in [0, 0.1) is 0 Å². The topological polar surface area (TPSA) is 67.3 Å². The van der Waals surface area contributed by atoms with Crippen molar-refractivity contribution >= 4 is 5.95 Å². The van der Waals surface area contributed by atoms with E-state index in [0.717, 1.165) is 69.6 Å². The molecule has 2 saturated heterocycles. The summed E-state index contributed by atoms with van der Waals surface area (Å²) in [5, 5.41) is 0. The van der Waals surface area contributed by atoms with E-state index >= 15 is 0 Å². The molecule has 0 aliphatic carbocycles. The van der Waals surface area contributed by atoms with E-state index in [1.807, 2.05) is 18.3 Å². The van der Waals surface area contributed by atoms with Crippen molar-refractivity contribution in [2.24, 2.45) is 0 Å². The molecule has 0 bridgehead atoms. The molecule has 0 N–H and O–H groups in total. The molecule has 2 aromatic heterocycles. The molecule has 7 nitrogen and oxygen atoms in total. The third-order valence-corrected chi connectivity index (χ3v) is 5.00. The van der Waals surface area contributed by atoms with Crippen molar-refractivity contribution in [3.63, 3.8) is 0 Å². The first-order valence-corrected chi connectivity index (χ1v) is 8.94. The summed E-state index contributed by atoms with van der Waals surface area (Å²) in [6, 6.07) is 3.86. The Bertz CT molecular complexity index is 696. The molecule has 4 heterocycles. The Kier molecular flexibility index (Phi) is 4.59. The van der Waals surface area contributed by atoms with Crippen LogP contribution in [0.1, 0.15) is 31.3 Å². The van der Waals surface area contributed by atoms with Gasteiger partial charge >= 0.3 is 0 Å². The highest BCUT2D eigenvalue weighted by molar-refractivity contribution is 5.29. The summed E-state index contributed by atoms with van der Waals surface area (Å²) < 4.78 is 5.88. The molecule has 2 aliphatic rings. The largest absolute Gasteiger partial charge is 0.367 e. The average molecular weight is 340 g/mol. The van der Waals surface area contributed by atoms with Crippen LogP contribution in [0.5, 0.6) is 0 Å². The van der Waals surface area contributed by atoms with Crippen LogP contribution in [0.2, 0.25) is 0 Å². The molecule has 2 fully saturated rings. The van der Waals surface area contributed by atoms with Crippen molar-refractivity contribution in [1.82, 2.24) is 24.8 Å². The van der Waals surface area contributed by atoms with Gasteiger partial charge in [-0.05, 0) is 31.9 Å². The maximum absolute atomic E-state index is 5.88. The van der Waals surface area contributed by atoms with Crippen LogP contribution >= 0.6 is 0 Å². The number of piperazine rings is 1. The second-order valence-corrected chi connectivity index (χ2v) is 6.87. The first-order valence-electron chi connectivity index (χ1n) is 8.94. The van der Waals surface area contributed by atoms with Crippen LogP contribution in [0.25, 0.3) is 0 Å². The second kappa shape index (κ2) is 7.01. The van der Waals surface area contributed by atoms with Crippen LogP contribution in [0.4, 0.5) is 5.95 Å². The van der Waals surface area contributed by atoms with E-state index in [1.54, 1.807) is 12.4 Å². The molecule has 7 heteroatoms. The van der Waals surface area contributed by atoms with Crippen molar-refractivity contribution in [2.45, 2.75) is 31.9 Å². The predicted octanol–water partition coefficient (Wildman–Crippen LogP) is 1.61. The van der Waals surface area contributed by atoms with Gasteiger partial charge in [-0.25, -0.2) is 19.9 Å². The highest BCUT2D eigenvalue weighted by Crippen LogP contribution is 2.33. The van der Waals surface area contributed by atoms with Crippen molar-refractivity contribution < 1.29 is 4.74 Å². The Hall–Kier alpha value is -2.12. The van der Waals surface area contributed by atoms with Gasteiger partial charge < -0.3 is 9.64 Å². The average Bonchev–Trinajstić information content (AvgIpc) is 3.11. The van der Waals surface area contributed by atoms with Crippen LogP contribution in [0.3, 0.4) is 0 Å². The maximum atomic E-state index is 5.88. The lowest BCUT2D eigenvalue weighted by atomic mass is 10.0. The number of hydrogen-bond donors (Lipinski definition) is 0. The number of anilines is 1. The summed E-state index contributed by atoms with van der Waals surface area (Å²) >= 11 is 0. The summed E-state index contributed by atoms with van der Waals surface area (Å²) in [6.07, 6.45) is 7.52. The Labute approximate surface area is 148 Å². The quantitative estimate of drug-likeness (QED) is 0.838. The Morgan fingerprint density at radius 1 is 1.08 bits per heavy atom. The second-order valence-electron chi connectivity index (χ2n) is 6.87. The van der Waals surface area contributed by atoms with Gasteiger partial charge in [-0.1, -0.05) is 0 Å². The molecule has 2 aromatic rings. The molecule has 132 valence electrons. The van der Waals surface area contributed by atoms with Crippen LogP contribution in [-0.2, 0) is 16.9 Å². The number of nitrogens with zero attached hydrogens (tertiary/aromatic N) is 6. The van der Waals surface area contributed by atoms with E-state index < -0.39 is 0 Å². The van der Waals surface area contributed by atoms with Crippen LogP contribution in [-0.4, -0.2) is 57.6 Å². The van der Waals surface area contributed by atoms with Crippen molar-refractivity contribution in [2.75, 3.05) is 37.7 Å². The van der Waals surface area contributed by atoms with Gasteiger partial charge in [0.15, 0.2) is 5.82 Å². The van der Waals surface area contributed by atoms with Gasteiger partial charge in [0.1, 0.15) is 5.60 Å². The standard InChI is InChI=1S/C18H24N6O/c1-18(5-2-13-25-18)16-19-8-4-15(22-16)14-23-9-11-24(12-10-23)17-20-6-3-7-21-17/h3-4,6-8H,2,5,9-14H2,1H3/t18-/m0/s1. The van der Waals surface area contributed by atoms with E-state index in [9.17, 15) is 0 Å². The molecule has 0 aromatic carbocycles. The molecule has 0 amide bonds. The monoisotopic (exact) mass is 340 g/mol. The minimum atomic E-state index is -0.320. The molecule has 2 aliphatic heterocycles. The van der Waals surface area contributed by atoms with E-state index in [2.05, 4.69) is 31.7 Å². The third kappa shape index (κ3) is 3.62. The van der Waals surface area contributed by atoms with Gasteiger partial charge in [-0.3, -0.25) is 4.90 Å².